The Kier molecular flexibility index (Phi) is 7.19. The number of rotatable bonds is 8. The maximum Gasteiger partial charge on any atom is 0.422 e. The fourth-order valence-electron chi connectivity index (χ4n) is 2.44. The van der Waals surface area contributed by atoms with Gasteiger partial charge in [-0.25, -0.2) is 9.97 Å². The van der Waals surface area contributed by atoms with E-state index in [9.17, 15) is 18.0 Å². The van der Waals surface area contributed by atoms with Crippen molar-refractivity contribution in [1.82, 2.24) is 15.3 Å². The Morgan fingerprint density at radius 1 is 1.29 bits per heavy atom. The maximum absolute atomic E-state index is 12.6. The summed E-state index contributed by atoms with van der Waals surface area (Å²) in [6.45, 7) is 4.87. The summed E-state index contributed by atoms with van der Waals surface area (Å²) in [5, 5.41) is 5.96. The molecule has 0 spiro atoms. The van der Waals surface area contributed by atoms with Crippen LogP contribution in [0.1, 0.15) is 47.9 Å². The van der Waals surface area contributed by atoms with E-state index in [1.54, 1.807) is 32.0 Å². The quantitative estimate of drug-likeness (QED) is 0.704. The third kappa shape index (κ3) is 6.71. The van der Waals surface area contributed by atoms with Crippen LogP contribution in [-0.2, 0) is 0 Å². The Hall–Kier alpha value is -2.84. The van der Waals surface area contributed by atoms with Crippen molar-refractivity contribution in [2.75, 3.05) is 18.5 Å². The zero-order chi connectivity index (χ0) is 20.7. The van der Waals surface area contributed by atoms with Gasteiger partial charge in [-0.15, -0.1) is 0 Å². The summed E-state index contributed by atoms with van der Waals surface area (Å²) in [6.07, 6.45) is -2.18. The summed E-state index contributed by atoms with van der Waals surface area (Å²) in [5.74, 6) is 0.153. The molecule has 0 aliphatic rings. The van der Waals surface area contributed by atoms with Crippen molar-refractivity contribution < 1.29 is 22.7 Å². The van der Waals surface area contributed by atoms with Gasteiger partial charge in [0.2, 0.25) is 5.88 Å². The molecule has 0 bridgehead atoms. The van der Waals surface area contributed by atoms with Crippen molar-refractivity contribution in [1.29, 1.82) is 0 Å². The number of aromatic nitrogens is 2. The van der Waals surface area contributed by atoms with Crippen molar-refractivity contribution in [3.05, 3.63) is 47.3 Å². The lowest BCUT2D eigenvalue weighted by Crippen LogP contribution is -2.27. The highest BCUT2D eigenvalue weighted by atomic mass is 19.4. The van der Waals surface area contributed by atoms with Gasteiger partial charge < -0.3 is 15.4 Å². The lowest BCUT2D eigenvalue weighted by atomic mass is 10.1. The molecule has 0 saturated heterocycles. The van der Waals surface area contributed by atoms with E-state index >= 15 is 0 Å². The van der Waals surface area contributed by atoms with Crippen LogP contribution in [-0.4, -0.2) is 35.2 Å². The maximum atomic E-state index is 12.6. The average molecular weight is 396 g/mol. The summed E-state index contributed by atoms with van der Waals surface area (Å²) < 4.78 is 41.5. The lowest BCUT2D eigenvalue weighted by molar-refractivity contribution is -0.154. The Bertz CT molecular complexity index is 812. The standard InChI is InChI=1S/C19H23F3N4O2/c1-4-6-23-16-9-15(8-12(2)25-16)18(27)26-13(3)14-5-7-24-17(10-14)28-11-19(20,21)22/h5,7-10,13H,4,6,11H2,1-3H3,(H,23,25)(H,26,27). The van der Waals surface area contributed by atoms with Crippen LogP contribution in [0, 0.1) is 6.92 Å². The van der Waals surface area contributed by atoms with E-state index in [1.807, 2.05) is 6.92 Å². The highest BCUT2D eigenvalue weighted by Crippen LogP contribution is 2.21. The Labute approximate surface area is 161 Å². The summed E-state index contributed by atoms with van der Waals surface area (Å²) in [4.78, 5) is 20.7. The van der Waals surface area contributed by atoms with E-state index in [-0.39, 0.29) is 11.8 Å². The molecule has 2 aromatic rings. The van der Waals surface area contributed by atoms with Crippen LogP contribution in [0.4, 0.5) is 19.0 Å². The molecule has 0 aliphatic heterocycles. The predicted octanol–water partition coefficient (Wildman–Crippen LogP) is 4.04. The van der Waals surface area contributed by atoms with Gasteiger partial charge in [-0.3, -0.25) is 4.79 Å². The Morgan fingerprint density at radius 2 is 2.04 bits per heavy atom. The minimum atomic E-state index is -4.44. The number of nitrogens with one attached hydrogen (secondary N) is 2. The van der Waals surface area contributed by atoms with Crippen molar-refractivity contribution in [3.63, 3.8) is 0 Å². The van der Waals surface area contributed by atoms with Crippen LogP contribution in [0.3, 0.4) is 0 Å². The topological polar surface area (TPSA) is 76.1 Å². The molecular formula is C19H23F3N4O2. The van der Waals surface area contributed by atoms with E-state index in [0.717, 1.165) is 13.0 Å². The summed E-state index contributed by atoms with van der Waals surface area (Å²) in [6, 6.07) is 5.86. The number of anilines is 1. The monoisotopic (exact) mass is 396 g/mol. The highest BCUT2D eigenvalue weighted by molar-refractivity contribution is 5.95. The normalized spacial score (nSPS) is 12.4. The molecule has 0 aromatic carbocycles. The first-order valence-corrected chi connectivity index (χ1v) is 8.87. The zero-order valence-electron chi connectivity index (χ0n) is 15.9. The van der Waals surface area contributed by atoms with E-state index in [0.29, 0.717) is 22.6 Å². The minimum absolute atomic E-state index is 0.151. The van der Waals surface area contributed by atoms with Crippen LogP contribution in [0.2, 0.25) is 0 Å². The summed E-state index contributed by atoms with van der Waals surface area (Å²) in [7, 11) is 0. The molecule has 0 saturated carbocycles. The molecule has 28 heavy (non-hydrogen) atoms. The molecule has 6 nitrogen and oxygen atoms in total. The lowest BCUT2D eigenvalue weighted by Gasteiger charge is -2.16. The van der Waals surface area contributed by atoms with Crippen LogP contribution >= 0.6 is 0 Å². The predicted molar refractivity (Wildman–Crippen MR) is 99.4 cm³/mol. The highest BCUT2D eigenvalue weighted by Gasteiger charge is 2.28. The molecule has 1 unspecified atom stereocenters. The first-order chi connectivity index (χ1) is 13.2. The SMILES string of the molecule is CCCNc1cc(C(=O)NC(C)c2ccnc(OCC(F)(F)F)c2)cc(C)n1. The number of carbonyl (C=O) groups is 1. The molecule has 2 rings (SSSR count). The fraction of sp³-hybridized carbons (Fsp3) is 0.421. The number of aryl methyl sites for hydroxylation is 1. The third-order valence-electron chi connectivity index (χ3n) is 3.76. The van der Waals surface area contributed by atoms with Gasteiger partial charge in [0.05, 0.1) is 6.04 Å². The molecule has 2 heterocycles. The number of alkyl halides is 3. The Balaban J connectivity index is 2.07. The largest absolute Gasteiger partial charge is 0.468 e. The van der Waals surface area contributed by atoms with Gasteiger partial charge in [0.25, 0.3) is 5.91 Å². The van der Waals surface area contributed by atoms with Gasteiger partial charge in [0.15, 0.2) is 6.61 Å². The first-order valence-electron chi connectivity index (χ1n) is 8.87. The summed E-state index contributed by atoms with van der Waals surface area (Å²) >= 11 is 0. The zero-order valence-corrected chi connectivity index (χ0v) is 15.9. The van der Waals surface area contributed by atoms with E-state index in [2.05, 4.69) is 25.3 Å². The van der Waals surface area contributed by atoms with Crippen LogP contribution in [0.15, 0.2) is 30.5 Å². The van der Waals surface area contributed by atoms with Crippen LogP contribution in [0.25, 0.3) is 0 Å². The van der Waals surface area contributed by atoms with E-state index in [4.69, 9.17) is 0 Å². The number of amides is 1. The summed E-state index contributed by atoms with van der Waals surface area (Å²) in [5.41, 5.74) is 1.72. The van der Waals surface area contributed by atoms with Gasteiger partial charge in [0, 0.05) is 30.1 Å². The van der Waals surface area contributed by atoms with Crippen LogP contribution < -0.4 is 15.4 Å². The number of nitrogens with zero attached hydrogens (tertiary/aromatic N) is 2. The number of halogens is 3. The number of ether oxygens (including phenoxy) is 1. The molecule has 152 valence electrons. The molecule has 9 heteroatoms. The van der Waals surface area contributed by atoms with Gasteiger partial charge in [0.1, 0.15) is 5.82 Å². The second-order valence-electron chi connectivity index (χ2n) is 6.34. The van der Waals surface area contributed by atoms with Crippen molar-refractivity contribution in [2.45, 2.75) is 39.4 Å². The van der Waals surface area contributed by atoms with Crippen LogP contribution in [0.5, 0.6) is 5.88 Å². The fourth-order valence-corrected chi connectivity index (χ4v) is 2.44. The van der Waals surface area contributed by atoms with Gasteiger partial charge in [-0.2, -0.15) is 13.2 Å². The molecule has 0 fully saturated rings. The minimum Gasteiger partial charge on any atom is -0.468 e. The molecule has 0 aliphatic carbocycles. The van der Waals surface area contributed by atoms with Gasteiger partial charge in [-0.1, -0.05) is 6.92 Å². The molecular weight excluding hydrogens is 373 g/mol. The van der Waals surface area contributed by atoms with Crippen molar-refractivity contribution in [2.24, 2.45) is 0 Å². The number of pyridine rings is 2. The van der Waals surface area contributed by atoms with Crippen molar-refractivity contribution in [3.8, 4) is 5.88 Å². The van der Waals surface area contributed by atoms with Gasteiger partial charge in [-0.05, 0) is 44.0 Å². The molecule has 1 atom stereocenters. The van der Waals surface area contributed by atoms with Gasteiger partial charge >= 0.3 is 6.18 Å². The third-order valence-corrected chi connectivity index (χ3v) is 3.76. The molecule has 0 radical (unpaired) electrons. The average Bonchev–Trinajstić information content (AvgIpc) is 2.64. The second kappa shape index (κ2) is 9.38. The smallest absolute Gasteiger partial charge is 0.422 e. The number of hydrogen-bond donors (Lipinski definition) is 2. The van der Waals surface area contributed by atoms with E-state index < -0.39 is 18.8 Å². The second-order valence-corrected chi connectivity index (χ2v) is 6.34. The Morgan fingerprint density at radius 3 is 2.71 bits per heavy atom. The molecule has 2 aromatic heterocycles. The first kappa shape index (κ1) is 21.5. The number of carbonyl (C=O) groups excluding carboxylic acids is 1. The molecule has 1 amide bonds. The molecule has 2 N–H and O–H groups in total. The number of hydrogen-bond acceptors (Lipinski definition) is 5. The van der Waals surface area contributed by atoms with Crippen molar-refractivity contribution >= 4 is 11.7 Å². The van der Waals surface area contributed by atoms with E-state index in [1.165, 1.54) is 12.3 Å².